The van der Waals surface area contributed by atoms with E-state index in [1.165, 1.54) is 27.1 Å². The van der Waals surface area contributed by atoms with Crippen LogP contribution in [0, 0.1) is 5.92 Å². The summed E-state index contributed by atoms with van der Waals surface area (Å²) in [7, 11) is 2.10. The Balaban J connectivity index is 1.43. The Morgan fingerprint density at radius 2 is 1.85 bits per heavy atom. The van der Waals surface area contributed by atoms with Crippen molar-refractivity contribution < 1.29 is 9.53 Å². The maximum absolute atomic E-state index is 12.5. The van der Waals surface area contributed by atoms with Crippen molar-refractivity contribution in [1.29, 1.82) is 0 Å². The summed E-state index contributed by atoms with van der Waals surface area (Å²) in [6.45, 7) is 1.93. The smallest absolute Gasteiger partial charge is 0.314 e. The summed E-state index contributed by atoms with van der Waals surface area (Å²) >= 11 is 0. The molecule has 3 aliphatic rings. The number of carbonyl (C=O) groups excluding carboxylic acids is 1. The minimum absolute atomic E-state index is 0.0270. The van der Waals surface area contributed by atoms with E-state index >= 15 is 0 Å². The molecule has 2 aromatic carbocycles. The fourth-order valence-electron chi connectivity index (χ4n) is 4.40. The number of benzene rings is 2. The zero-order valence-electron chi connectivity index (χ0n) is 15.6. The number of carbonyl (C=O) groups is 1. The van der Waals surface area contributed by atoms with E-state index in [1.807, 2.05) is 12.2 Å². The molecule has 0 aromatic heterocycles. The fraction of sp³-hybridized carbons (Fsp3) is 0.292. The predicted octanol–water partition coefficient (Wildman–Crippen LogP) is 2.75. The van der Waals surface area contributed by atoms with Crippen LogP contribution in [0.3, 0.4) is 0 Å². The number of esters is 1. The highest BCUT2D eigenvalue weighted by atomic mass is 16.5. The second-order valence-electron chi connectivity index (χ2n) is 7.78. The van der Waals surface area contributed by atoms with E-state index in [0.29, 0.717) is 5.76 Å². The van der Waals surface area contributed by atoms with Gasteiger partial charge in [0.05, 0.1) is 5.92 Å². The zero-order chi connectivity index (χ0) is 18.4. The summed E-state index contributed by atoms with van der Waals surface area (Å²) in [6.07, 6.45) is 13.1. The molecule has 27 heavy (non-hydrogen) atoms. The van der Waals surface area contributed by atoms with E-state index < -0.39 is 0 Å². The third kappa shape index (κ3) is 2.92. The minimum Gasteiger partial charge on any atom is -0.427 e. The van der Waals surface area contributed by atoms with Gasteiger partial charge in [-0.3, -0.25) is 4.79 Å². The van der Waals surface area contributed by atoms with Crippen molar-refractivity contribution in [2.24, 2.45) is 5.92 Å². The first kappa shape index (κ1) is 16.5. The van der Waals surface area contributed by atoms with Crippen molar-refractivity contribution in [2.75, 3.05) is 20.1 Å². The SMILES string of the molecule is CN1CCC(C(=O)OC2=CCc3c(ccc4c5c(ccc34)=CC=C5)=C2)CC1. The summed E-state index contributed by atoms with van der Waals surface area (Å²) in [4.78, 5) is 14.8. The van der Waals surface area contributed by atoms with Crippen molar-refractivity contribution >= 4 is 35.0 Å². The third-order valence-corrected chi connectivity index (χ3v) is 6.04. The zero-order valence-corrected chi connectivity index (χ0v) is 15.6. The molecule has 0 N–H and O–H groups in total. The minimum atomic E-state index is -0.0756. The number of fused-ring (bicyclic) bond motifs is 5. The summed E-state index contributed by atoms with van der Waals surface area (Å²) < 4.78 is 5.74. The molecule has 2 aromatic rings. The van der Waals surface area contributed by atoms with Crippen LogP contribution in [0.25, 0.3) is 29.0 Å². The molecule has 5 rings (SSSR count). The second kappa shape index (κ2) is 6.50. The molecule has 0 atom stereocenters. The second-order valence-corrected chi connectivity index (χ2v) is 7.78. The van der Waals surface area contributed by atoms with Crippen molar-refractivity contribution in [3.05, 3.63) is 63.7 Å². The van der Waals surface area contributed by atoms with E-state index in [-0.39, 0.29) is 11.9 Å². The van der Waals surface area contributed by atoms with Gasteiger partial charge in [0.2, 0.25) is 0 Å². The molecular formula is C24H23NO2. The number of piperidine rings is 1. The Labute approximate surface area is 158 Å². The summed E-state index contributed by atoms with van der Waals surface area (Å²) in [5.41, 5.74) is 2.62. The number of hydrogen-bond donors (Lipinski definition) is 0. The molecule has 0 radical (unpaired) electrons. The first-order valence-corrected chi connectivity index (χ1v) is 9.74. The molecule has 1 aliphatic heterocycles. The van der Waals surface area contributed by atoms with Crippen LogP contribution in [0.4, 0.5) is 0 Å². The van der Waals surface area contributed by atoms with E-state index in [2.05, 4.69) is 54.4 Å². The van der Waals surface area contributed by atoms with Crippen LogP contribution in [0.2, 0.25) is 0 Å². The molecule has 0 bridgehead atoms. The van der Waals surface area contributed by atoms with Crippen LogP contribution in [-0.2, 0) is 16.0 Å². The highest BCUT2D eigenvalue weighted by molar-refractivity contribution is 5.96. The van der Waals surface area contributed by atoms with Crippen LogP contribution in [0.15, 0.2) is 42.2 Å². The van der Waals surface area contributed by atoms with Crippen molar-refractivity contribution in [2.45, 2.75) is 19.3 Å². The van der Waals surface area contributed by atoms with Gasteiger partial charge in [-0.1, -0.05) is 42.5 Å². The monoisotopic (exact) mass is 357 g/mol. The molecule has 136 valence electrons. The van der Waals surface area contributed by atoms with Gasteiger partial charge in [0, 0.05) is 0 Å². The van der Waals surface area contributed by atoms with Gasteiger partial charge in [0.1, 0.15) is 5.76 Å². The molecule has 3 heteroatoms. The molecule has 0 spiro atoms. The topological polar surface area (TPSA) is 29.5 Å². The van der Waals surface area contributed by atoms with Gasteiger partial charge in [-0.2, -0.15) is 0 Å². The van der Waals surface area contributed by atoms with Crippen LogP contribution in [0.5, 0.6) is 0 Å². The number of allylic oxidation sites excluding steroid dienone is 3. The first-order valence-electron chi connectivity index (χ1n) is 9.74. The van der Waals surface area contributed by atoms with Gasteiger partial charge < -0.3 is 9.64 Å². The summed E-state index contributed by atoms with van der Waals surface area (Å²) in [5, 5.41) is 5.02. The van der Waals surface area contributed by atoms with Crippen LogP contribution < -0.4 is 10.4 Å². The van der Waals surface area contributed by atoms with Crippen molar-refractivity contribution in [1.82, 2.24) is 4.90 Å². The van der Waals surface area contributed by atoms with E-state index in [0.717, 1.165) is 37.6 Å². The van der Waals surface area contributed by atoms with E-state index in [1.54, 1.807) is 0 Å². The molecule has 0 unspecified atom stereocenters. The molecule has 1 saturated heterocycles. The van der Waals surface area contributed by atoms with Gasteiger partial charge in [-0.15, -0.1) is 0 Å². The molecule has 0 saturated carbocycles. The average Bonchev–Trinajstić information content (AvgIpc) is 3.17. The lowest BCUT2D eigenvalue weighted by Gasteiger charge is -2.27. The van der Waals surface area contributed by atoms with Crippen LogP contribution in [-0.4, -0.2) is 31.0 Å². The molecule has 3 nitrogen and oxygen atoms in total. The normalized spacial score (nSPS) is 19.1. The largest absolute Gasteiger partial charge is 0.427 e. The fourth-order valence-corrected chi connectivity index (χ4v) is 4.40. The number of rotatable bonds is 2. The van der Waals surface area contributed by atoms with Gasteiger partial charge in [0.15, 0.2) is 0 Å². The quantitative estimate of drug-likeness (QED) is 0.774. The number of ether oxygens (including phenoxy) is 1. The molecule has 2 aliphatic carbocycles. The lowest BCUT2D eigenvalue weighted by molar-refractivity contribution is -0.145. The molecule has 1 fully saturated rings. The standard InChI is InChI=1S/C24H23NO2/c1-25-13-11-17(12-14-25)24(26)27-19-7-10-21-18(15-19)6-9-22-20-4-2-3-16(20)5-8-23(21)22/h2-9,15,17H,10-14H2,1H3. The van der Waals surface area contributed by atoms with Gasteiger partial charge in [-0.25, -0.2) is 0 Å². The summed E-state index contributed by atoms with van der Waals surface area (Å²) in [5.74, 6) is 0.646. The van der Waals surface area contributed by atoms with Gasteiger partial charge in [-0.05, 0) is 83.9 Å². The Morgan fingerprint density at radius 3 is 2.70 bits per heavy atom. The van der Waals surface area contributed by atoms with Crippen molar-refractivity contribution in [3.63, 3.8) is 0 Å². The van der Waals surface area contributed by atoms with Gasteiger partial charge in [0.25, 0.3) is 0 Å². The van der Waals surface area contributed by atoms with Gasteiger partial charge >= 0.3 is 5.97 Å². The first-order chi connectivity index (χ1) is 13.2. The lowest BCUT2D eigenvalue weighted by atomic mass is 9.93. The molecule has 0 amide bonds. The number of hydrogen-bond acceptors (Lipinski definition) is 3. The lowest BCUT2D eigenvalue weighted by Crippen LogP contribution is -2.34. The maximum atomic E-state index is 12.5. The molecular weight excluding hydrogens is 334 g/mol. The van der Waals surface area contributed by atoms with Crippen LogP contribution >= 0.6 is 0 Å². The van der Waals surface area contributed by atoms with E-state index in [9.17, 15) is 4.79 Å². The highest BCUT2D eigenvalue weighted by Gasteiger charge is 2.25. The Hall–Kier alpha value is -2.65. The average molecular weight is 357 g/mol. The van der Waals surface area contributed by atoms with Crippen molar-refractivity contribution in [3.8, 4) is 0 Å². The number of nitrogens with zero attached hydrogens (tertiary/aromatic N) is 1. The Kier molecular flexibility index (Phi) is 3.98. The highest BCUT2D eigenvalue weighted by Crippen LogP contribution is 2.24. The third-order valence-electron chi connectivity index (χ3n) is 6.04. The van der Waals surface area contributed by atoms with Crippen LogP contribution in [0.1, 0.15) is 24.0 Å². The Morgan fingerprint density at radius 1 is 1.07 bits per heavy atom. The predicted molar refractivity (Wildman–Crippen MR) is 109 cm³/mol. The summed E-state index contributed by atoms with van der Waals surface area (Å²) in [6, 6.07) is 8.75. The molecule has 1 heterocycles. The Bertz CT molecular complexity index is 1120. The van der Waals surface area contributed by atoms with E-state index in [4.69, 9.17) is 4.74 Å². The number of likely N-dealkylation sites (tertiary alicyclic amines) is 1. The maximum Gasteiger partial charge on any atom is 0.314 e.